The van der Waals surface area contributed by atoms with Crippen LogP contribution in [0.5, 0.6) is 0 Å². The molecule has 13 heavy (non-hydrogen) atoms. The van der Waals surface area contributed by atoms with Gasteiger partial charge < -0.3 is 5.73 Å². The first kappa shape index (κ1) is 8.63. The van der Waals surface area contributed by atoms with Crippen LogP contribution in [-0.4, -0.2) is 4.98 Å². The van der Waals surface area contributed by atoms with Crippen molar-refractivity contribution in [3.63, 3.8) is 0 Å². The maximum absolute atomic E-state index is 12.6. The Morgan fingerprint density at radius 2 is 2.08 bits per heavy atom. The van der Waals surface area contributed by atoms with Crippen molar-refractivity contribution < 1.29 is 4.39 Å². The van der Waals surface area contributed by atoms with E-state index in [1.54, 1.807) is 6.07 Å². The minimum absolute atomic E-state index is 0.0951. The Hall–Kier alpha value is -0.960. The minimum atomic E-state index is -0.347. The number of nitrogens with zero attached hydrogens (tertiary/aromatic N) is 1. The smallest absolute Gasteiger partial charge is 0.141 e. The van der Waals surface area contributed by atoms with Crippen LogP contribution >= 0.6 is 0 Å². The van der Waals surface area contributed by atoms with Gasteiger partial charge in [-0.1, -0.05) is 13.8 Å². The van der Waals surface area contributed by atoms with Crippen LogP contribution in [0.15, 0.2) is 18.3 Å². The van der Waals surface area contributed by atoms with Crippen LogP contribution in [0.2, 0.25) is 0 Å². The van der Waals surface area contributed by atoms with E-state index in [-0.39, 0.29) is 16.8 Å². The summed E-state index contributed by atoms with van der Waals surface area (Å²) in [6.45, 7) is 4.19. The monoisotopic (exact) mass is 180 g/mol. The number of nitrogens with two attached hydrogens (primary N) is 1. The summed E-state index contributed by atoms with van der Waals surface area (Å²) in [7, 11) is 0. The molecule has 0 spiro atoms. The van der Waals surface area contributed by atoms with Gasteiger partial charge >= 0.3 is 0 Å². The largest absolute Gasteiger partial charge is 0.320 e. The fourth-order valence-corrected chi connectivity index (χ4v) is 1.73. The van der Waals surface area contributed by atoms with Crippen LogP contribution in [-0.2, 0) is 5.54 Å². The molecular formula is C10H13FN2. The summed E-state index contributed by atoms with van der Waals surface area (Å²) in [5, 5.41) is 0. The highest BCUT2D eigenvalue weighted by atomic mass is 19.1. The van der Waals surface area contributed by atoms with Gasteiger partial charge in [-0.25, -0.2) is 4.39 Å². The first-order valence-electron chi connectivity index (χ1n) is 4.37. The van der Waals surface area contributed by atoms with Crippen molar-refractivity contribution >= 4 is 0 Å². The topological polar surface area (TPSA) is 38.9 Å². The van der Waals surface area contributed by atoms with Crippen molar-refractivity contribution in [2.24, 2.45) is 11.1 Å². The van der Waals surface area contributed by atoms with Crippen molar-refractivity contribution in [2.45, 2.75) is 25.8 Å². The maximum Gasteiger partial charge on any atom is 0.141 e. The quantitative estimate of drug-likeness (QED) is 0.715. The SMILES string of the molecule is CC1(C)CC1(N)c1ccc(F)cn1. The molecule has 1 unspecified atom stereocenters. The Kier molecular flexibility index (Phi) is 1.52. The maximum atomic E-state index is 12.6. The highest BCUT2D eigenvalue weighted by molar-refractivity contribution is 5.29. The van der Waals surface area contributed by atoms with Gasteiger partial charge in [-0.3, -0.25) is 4.98 Å². The summed E-state index contributed by atoms with van der Waals surface area (Å²) in [5.41, 5.74) is 6.65. The molecule has 1 aromatic rings. The number of halogens is 1. The summed E-state index contributed by atoms with van der Waals surface area (Å²) in [5.74, 6) is -0.314. The van der Waals surface area contributed by atoms with Crippen LogP contribution in [0.25, 0.3) is 0 Å². The molecule has 3 heteroatoms. The highest BCUT2D eigenvalue weighted by Crippen LogP contribution is 2.59. The third-order valence-electron chi connectivity index (χ3n) is 2.99. The molecule has 0 aromatic carbocycles. The zero-order chi connectivity index (χ0) is 9.69. The summed E-state index contributed by atoms with van der Waals surface area (Å²) in [6.07, 6.45) is 2.14. The highest BCUT2D eigenvalue weighted by Gasteiger charge is 2.60. The lowest BCUT2D eigenvalue weighted by molar-refractivity contribution is 0.497. The molecule has 2 N–H and O–H groups in total. The lowest BCUT2D eigenvalue weighted by Gasteiger charge is -2.13. The second-order valence-electron chi connectivity index (χ2n) is 4.39. The molecule has 0 radical (unpaired) electrons. The number of hydrogen-bond donors (Lipinski definition) is 1. The normalized spacial score (nSPS) is 30.2. The third kappa shape index (κ3) is 1.15. The van der Waals surface area contributed by atoms with Gasteiger partial charge in [0.1, 0.15) is 5.82 Å². The van der Waals surface area contributed by atoms with E-state index < -0.39 is 0 Å². The average molecular weight is 180 g/mol. The molecule has 1 heterocycles. The van der Waals surface area contributed by atoms with Crippen LogP contribution in [0.1, 0.15) is 26.0 Å². The predicted octanol–water partition coefficient (Wildman–Crippen LogP) is 1.80. The molecule has 2 rings (SSSR count). The molecule has 1 aliphatic carbocycles. The van der Waals surface area contributed by atoms with Crippen LogP contribution in [0.3, 0.4) is 0 Å². The van der Waals surface area contributed by atoms with E-state index in [2.05, 4.69) is 18.8 Å². The molecule has 1 atom stereocenters. The summed E-state index contributed by atoms with van der Waals surface area (Å²) >= 11 is 0. The van der Waals surface area contributed by atoms with Crippen molar-refractivity contribution in [2.75, 3.05) is 0 Å². The molecule has 0 bridgehead atoms. The molecule has 1 fully saturated rings. The summed E-state index contributed by atoms with van der Waals surface area (Å²) in [4.78, 5) is 4.01. The molecule has 1 aliphatic rings. The van der Waals surface area contributed by atoms with E-state index in [0.717, 1.165) is 12.1 Å². The first-order valence-corrected chi connectivity index (χ1v) is 4.37. The Labute approximate surface area is 77.0 Å². The number of hydrogen-bond acceptors (Lipinski definition) is 2. The van der Waals surface area contributed by atoms with Crippen molar-refractivity contribution in [3.8, 4) is 0 Å². The lowest BCUT2D eigenvalue weighted by atomic mass is 10.0. The lowest BCUT2D eigenvalue weighted by Crippen LogP contribution is -2.26. The van der Waals surface area contributed by atoms with Gasteiger partial charge in [0.15, 0.2) is 0 Å². The van der Waals surface area contributed by atoms with Gasteiger partial charge in [0.2, 0.25) is 0 Å². The fraction of sp³-hybridized carbons (Fsp3) is 0.500. The van der Waals surface area contributed by atoms with Gasteiger partial charge in [-0.15, -0.1) is 0 Å². The molecule has 0 saturated heterocycles. The zero-order valence-electron chi connectivity index (χ0n) is 7.84. The number of pyridine rings is 1. The van der Waals surface area contributed by atoms with Crippen molar-refractivity contribution in [1.82, 2.24) is 4.98 Å². The molecular weight excluding hydrogens is 167 g/mol. The van der Waals surface area contributed by atoms with Gasteiger partial charge in [-0.2, -0.15) is 0 Å². The molecule has 70 valence electrons. The molecule has 0 amide bonds. The Morgan fingerprint density at radius 1 is 1.46 bits per heavy atom. The van der Waals surface area contributed by atoms with Gasteiger partial charge in [-0.05, 0) is 24.0 Å². The van der Waals surface area contributed by atoms with E-state index in [4.69, 9.17) is 5.73 Å². The minimum Gasteiger partial charge on any atom is -0.320 e. The predicted molar refractivity (Wildman–Crippen MR) is 48.5 cm³/mol. The van der Waals surface area contributed by atoms with E-state index in [9.17, 15) is 4.39 Å². The number of aromatic nitrogens is 1. The zero-order valence-corrected chi connectivity index (χ0v) is 7.84. The third-order valence-corrected chi connectivity index (χ3v) is 2.99. The van der Waals surface area contributed by atoms with Gasteiger partial charge in [0.25, 0.3) is 0 Å². The average Bonchev–Trinajstić information content (AvgIpc) is 2.53. The molecule has 0 aliphatic heterocycles. The van der Waals surface area contributed by atoms with E-state index in [0.29, 0.717) is 0 Å². The molecule has 1 aromatic heterocycles. The number of rotatable bonds is 1. The Balaban J connectivity index is 2.34. The first-order chi connectivity index (χ1) is 5.96. The van der Waals surface area contributed by atoms with E-state index >= 15 is 0 Å². The molecule has 2 nitrogen and oxygen atoms in total. The van der Waals surface area contributed by atoms with Crippen LogP contribution in [0, 0.1) is 11.2 Å². The fourth-order valence-electron chi connectivity index (χ4n) is 1.73. The van der Waals surface area contributed by atoms with Crippen LogP contribution < -0.4 is 5.73 Å². The Morgan fingerprint density at radius 3 is 2.46 bits per heavy atom. The van der Waals surface area contributed by atoms with Crippen molar-refractivity contribution in [1.29, 1.82) is 0 Å². The summed E-state index contributed by atoms with van der Waals surface area (Å²) in [6, 6.07) is 3.08. The van der Waals surface area contributed by atoms with E-state index in [1.165, 1.54) is 12.3 Å². The second kappa shape index (κ2) is 2.29. The molecule has 1 saturated carbocycles. The summed E-state index contributed by atoms with van der Waals surface area (Å²) < 4.78 is 12.6. The van der Waals surface area contributed by atoms with Crippen molar-refractivity contribution in [3.05, 3.63) is 29.8 Å². The standard InChI is InChI=1S/C10H13FN2/c1-9(2)6-10(9,12)8-4-3-7(11)5-13-8/h3-5H,6,12H2,1-2H3. The van der Waals surface area contributed by atoms with Gasteiger partial charge in [0, 0.05) is 0 Å². The second-order valence-corrected chi connectivity index (χ2v) is 4.39. The van der Waals surface area contributed by atoms with E-state index in [1.807, 2.05) is 0 Å². The van der Waals surface area contributed by atoms with Crippen LogP contribution in [0.4, 0.5) is 4.39 Å². The Bertz CT molecular complexity index is 331. The van der Waals surface area contributed by atoms with Gasteiger partial charge in [0.05, 0.1) is 17.4 Å².